The number of pyridine rings is 1. The number of hydrogen-bond acceptors (Lipinski definition) is 3. The van der Waals surface area contributed by atoms with Gasteiger partial charge >= 0.3 is 0 Å². The van der Waals surface area contributed by atoms with Gasteiger partial charge in [0.05, 0.1) is 6.04 Å². The summed E-state index contributed by atoms with van der Waals surface area (Å²) >= 11 is 0. The molecular weight excluding hydrogens is 246 g/mol. The van der Waals surface area contributed by atoms with Gasteiger partial charge in [0.15, 0.2) is 0 Å². The van der Waals surface area contributed by atoms with Gasteiger partial charge in [-0.1, -0.05) is 48.5 Å². The number of aromatic nitrogens is 1. The summed E-state index contributed by atoms with van der Waals surface area (Å²) in [6, 6.07) is 16.4. The third kappa shape index (κ3) is 2.18. The average molecular weight is 263 g/mol. The second kappa shape index (κ2) is 5.41. The van der Waals surface area contributed by atoms with Crippen molar-refractivity contribution >= 4 is 10.8 Å². The van der Waals surface area contributed by atoms with Crippen LogP contribution in [0, 0.1) is 6.92 Å². The molecule has 0 fully saturated rings. The molecule has 0 bridgehead atoms. The highest BCUT2D eigenvalue weighted by atomic mass is 15.2. The molecule has 3 rings (SSSR count). The first kappa shape index (κ1) is 12.8. The summed E-state index contributed by atoms with van der Waals surface area (Å²) in [4.78, 5) is 4.34. The van der Waals surface area contributed by atoms with E-state index in [9.17, 15) is 0 Å². The van der Waals surface area contributed by atoms with E-state index < -0.39 is 0 Å². The van der Waals surface area contributed by atoms with E-state index in [2.05, 4.69) is 41.6 Å². The zero-order chi connectivity index (χ0) is 13.9. The largest absolute Gasteiger partial charge is 0.271 e. The van der Waals surface area contributed by atoms with Crippen molar-refractivity contribution in [3.8, 4) is 0 Å². The second-order valence-electron chi connectivity index (χ2n) is 4.91. The van der Waals surface area contributed by atoms with Crippen LogP contribution in [-0.2, 0) is 0 Å². The first-order valence-electron chi connectivity index (χ1n) is 6.65. The van der Waals surface area contributed by atoms with E-state index in [0.29, 0.717) is 0 Å². The van der Waals surface area contributed by atoms with Gasteiger partial charge in [-0.3, -0.25) is 10.8 Å². The van der Waals surface area contributed by atoms with E-state index in [0.717, 1.165) is 10.9 Å². The van der Waals surface area contributed by atoms with Crippen LogP contribution in [0.25, 0.3) is 10.8 Å². The van der Waals surface area contributed by atoms with Crippen LogP contribution in [0.1, 0.15) is 22.7 Å². The quantitative estimate of drug-likeness (QED) is 0.564. The van der Waals surface area contributed by atoms with Crippen LogP contribution in [0.2, 0.25) is 0 Å². The first-order chi connectivity index (χ1) is 9.81. The van der Waals surface area contributed by atoms with Gasteiger partial charge in [0.1, 0.15) is 0 Å². The van der Waals surface area contributed by atoms with Crippen LogP contribution < -0.4 is 11.3 Å². The zero-order valence-electron chi connectivity index (χ0n) is 11.4. The van der Waals surface area contributed by atoms with Crippen molar-refractivity contribution in [3.05, 3.63) is 77.6 Å². The first-order valence-corrected chi connectivity index (χ1v) is 6.65. The molecule has 0 aliphatic carbocycles. The van der Waals surface area contributed by atoms with Crippen LogP contribution in [0.4, 0.5) is 0 Å². The molecule has 0 aliphatic rings. The molecule has 3 aromatic rings. The molecule has 0 aliphatic heterocycles. The molecule has 20 heavy (non-hydrogen) atoms. The predicted molar refractivity (Wildman–Crippen MR) is 82.1 cm³/mol. The normalized spacial score (nSPS) is 12.5. The van der Waals surface area contributed by atoms with Crippen molar-refractivity contribution in [2.75, 3.05) is 0 Å². The number of benzene rings is 2. The molecular formula is C17H17N3. The van der Waals surface area contributed by atoms with Crippen molar-refractivity contribution in [1.82, 2.24) is 10.4 Å². The zero-order valence-corrected chi connectivity index (χ0v) is 11.4. The smallest absolute Gasteiger partial charge is 0.0733 e. The molecule has 2 aromatic carbocycles. The molecule has 0 radical (unpaired) electrons. The van der Waals surface area contributed by atoms with Gasteiger partial charge in [0.25, 0.3) is 0 Å². The minimum Gasteiger partial charge on any atom is -0.271 e. The molecule has 3 nitrogen and oxygen atoms in total. The van der Waals surface area contributed by atoms with Crippen LogP contribution >= 0.6 is 0 Å². The van der Waals surface area contributed by atoms with E-state index in [1.165, 1.54) is 16.5 Å². The number of hydrazine groups is 1. The second-order valence-corrected chi connectivity index (χ2v) is 4.91. The van der Waals surface area contributed by atoms with Crippen molar-refractivity contribution in [1.29, 1.82) is 0 Å². The van der Waals surface area contributed by atoms with Crippen LogP contribution in [0.15, 0.2) is 60.9 Å². The van der Waals surface area contributed by atoms with Crippen LogP contribution in [0.3, 0.4) is 0 Å². The number of rotatable bonds is 3. The van der Waals surface area contributed by atoms with Gasteiger partial charge in [-0.2, -0.15) is 0 Å². The minimum atomic E-state index is -0.0604. The van der Waals surface area contributed by atoms with Gasteiger partial charge in [0, 0.05) is 23.3 Å². The summed E-state index contributed by atoms with van der Waals surface area (Å²) in [5.74, 6) is 5.82. The van der Waals surface area contributed by atoms with Gasteiger partial charge in [0.2, 0.25) is 0 Å². The molecule has 3 heteroatoms. The lowest BCUT2D eigenvalue weighted by Crippen LogP contribution is -2.29. The van der Waals surface area contributed by atoms with Crippen molar-refractivity contribution in [2.24, 2.45) is 5.84 Å². The lowest BCUT2D eigenvalue weighted by atomic mass is 9.93. The molecule has 1 unspecified atom stereocenters. The van der Waals surface area contributed by atoms with Gasteiger partial charge < -0.3 is 0 Å². The fourth-order valence-corrected chi connectivity index (χ4v) is 2.63. The fraction of sp³-hybridized carbons (Fsp3) is 0.118. The summed E-state index contributed by atoms with van der Waals surface area (Å²) in [5.41, 5.74) is 6.41. The van der Waals surface area contributed by atoms with Crippen LogP contribution in [-0.4, -0.2) is 4.98 Å². The highest BCUT2D eigenvalue weighted by Crippen LogP contribution is 2.29. The summed E-state index contributed by atoms with van der Waals surface area (Å²) in [5, 5.41) is 2.30. The molecule has 0 saturated heterocycles. The monoisotopic (exact) mass is 263 g/mol. The Morgan fingerprint density at radius 2 is 1.70 bits per heavy atom. The molecule has 3 N–H and O–H groups in total. The molecule has 1 atom stereocenters. The predicted octanol–water partition coefficient (Wildman–Crippen LogP) is 3.10. The Balaban J connectivity index is 2.20. The number of hydrogen-bond donors (Lipinski definition) is 2. The fourth-order valence-electron chi connectivity index (χ4n) is 2.63. The van der Waals surface area contributed by atoms with E-state index in [1.807, 2.05) is 36.7 Å². The summed E-state index contributed by atoms with van der Waals surface area (Å²) < 4.78 is 0. The van der Waals surface area contributed by atoms with Gasteiger partial charge in [-0.15, -0.1) is 0 Å². The highest BCUT2D eigenvalue weighted by Gasteiger charge is 2.16. The number of fused-ring (bicyclic) bond motifs is 1. The maximum atomic E-state index is 5.82. The van der Waals surface area contributed by atoms with E-state index in [-0.39, 0.29) is 6.04 Å². The maximum absolute atomic E-state index is 5.82. The highest BCUT2D eigenvalue weighted by molar-refractivity contribution is 5.85. The lowest BCUT2D eigenvalue weighted by Gasteiger charge is -2.20. The molecule has 0 spiro atoms. The molecule has 0 amide bonds. The minimum absolute atomic E-state index is 0.0604. The molecule has 1 heterocycles. The summed E-state index contributed by atoms with van der Waals surface area (Å²) in [7, 11) is 0. The third-order valence-electron chi connectivity index (χ3n) is 3.68. The number of nitrogens with two attached hydrogens (primary N) is 1. The lowest BCUT2D eigenvalue weighted by molar-refractivity contribution is 0.636. The Morgan fingerprint density at radius 3 is 2.50 bits per heavy atom. The maximum Gasteiger partial charge on any atom is 0.0733 e. The third-order valence-corrected chi connectivity index (χ3v) is 3.68. The van der Waals surface area contributed by atoms with Crippen LogP contribution in [0.5, 0.6) is 0 Å². The van der Waals surface area contributed by atoms with Crippen molar-refractivity contribution < 1.29 is 0 Å². The Hall–Kier alpha value is -2.23. The topological polar surface area (TPSA) is 50.9 Å². The van der Waals surface area contributed by atoms with Gasteiger partial charge in [-0.05, 0) is 23.4 Å². The molecule has 100 valence electrons. The van der Waals surface area contributed by atoms with Gasteiger partial charge in [-0.25, -0.2) is 5.43 Å². The van der Waals surface area contributed by atoms with Crippen molar-refractivity contribution in [2.45, 2.75) is 13.0 Å². The van der Waals surface area contributed by atoms with E-state index in [4.69, 9.17) is 5.84 Å². The average Bonchev–Trinajstić information content (AvgIpc) is 2.50. The Bertz CT molecular complexity index is 732. The number of nitrogens with one attached hydrogen (secondary N) is 1. The Labute approximate surface area is 118 Å². The Morgan fingerprint density at radius 1 is 0.950 bits per heavy atom. The summed E-state index contributed by atoms with van der Waals surface area (Å²) in [6.07, 6.45) is 3.77. The standard InChI is InChI=1S/C17H17N3/c1-12-6-2-4-8-14(12)17(20-18)16-11-19-10-13-7-3-5-9-15(13)16/h2-11,17,20H,18H2,1H3. The SMILES string of the molecule is Cc1ccccc1C(NN)c1cncc2ccccc12. The van der Waals surface area contributed by atoms with Crippen molar-refractivity contribution in [3.63, 3.8) is 0 Å². The molecule has 0 saturated carbocycles. The van der Waals surface area contributed by atoms with E-state index >= 15 is 0 Å². The Kier molecular flexibility index (Phi) is 3.46. The molecule has 1 aromatic heterocycles. The number of nitrogens with zero attached hydrogens (tertiary/aromatic N) is 1. The number of aryl methyl sites for hydroxylation is 1. The van der Waals surface area contributed by atoms with E-state index in [1.54, 1.807) is 0 Å². The summed E-state index contributed by atoms with van der Waals surface area (Å²) in [6.45, 7) is 2.10.